The predicted molar refractivity (Wildman–Crippen MR) is 98.1 cm³/mol. The van der Waals surface area contributed by atoms with Gasteiger partial charge in [-0.25, -0.2) is 4.79 Å². The minimum atomic E-state index is -0.0283. The summed E-state index contributed by atoms with van der Waals surface area (Å²) in [4.78, 5) is 20.8. The van der Waals surface area contributed by atoms with Crippen molar-refractivity contribution in [2.45, 2.75) is 58.5 Å². The van der Waals surface area contributed by atoms with E-state index in [0.717, 1.165) is 36.9 Å². The molecular weight excluding hydrogens is 300 g/mol. The number of nitrogens with one attached hydrogen (secondary N) is 1. The number of carbonyl (C=O) groups is 1. The van der Waals surface area contributed by atoms with Gasteiger partial charge in [-0.1, -0.05) is 12.8 Å². The molecule has 24 heavy (non-hydrogen) atoms. The van der Waals surface area contributed by atoms with E-state index in [1.807, 2.05) is 26.1 Å². The first kappa shape index (κ1) is 18.7. The van der Waals surface area contributed by atoms with Crippen LogP contribution in [0.4, 0.5) is 4.79 Å². The summed E-state index contributed by atoms with van der Waals surface area (Å²) in [6.45, 7) is 6.35. The van der Waals surface area contributed by atoms with Gasteiger partial charge < -0.3 is 15.1 Å². The second-order valence-corrected chi connectivity index (χ2v) is 7.14. The van der Waals surface area contributed by atoms with Crippen molar-refractivity contribution in [1.82, 2.24) is 20.1 Å². The summed E-state index contributed by atoms with van der Waals surface area (Å²) < 4.78 is 0. The Labute approximate surface area is 146 Å². The van der Waals surface area contributed by atoms with Crippen LogP contribution in [0.2, 0.25) is 0 Å². The Hall–Kier alpha value is -1.62. The topological polar surface area (TPSA) is 48.5 Å². The van der Waals surface area contributed by atoms with Gasteiger partial charge in [0.15, 0.2) is 0 Å². The lowest BCUT2D eigenvalue weighted by atomic mass is 10.2. The Morgan fingerprint density at radius 2 is 1.96 bits per heavy atom. The van der Waals surface area contributed by atoms with Crippen LogP contribution in [0.5, 0.6) is 0 Å². The Kier molecular flexibility index (Phi) is 7.03. The molecule has 0 aliphatic heterocycles. The van der Waals surface area contributed by atoms with Crippen LogP contribution in [0.25, 0.3) is 0 Å². The number of carbonyl (C=O) groups excluding carboxylic acids is 1. The van der Waals surface area contributed by atoms with Gasteiger partial charge in [0, 0.05) is 25.3 Å². The Bertz CT molecular complexity index is 520. The summed E-state index contributed by atoms with van der Waals surface area (Å²) in [5.74, 6) is 0. The molecule has 1 aromatic rings. The zero-order valence-electron chi connectivity index (χ0n) is 15.6. The van der Waals surface area contributed by atoms with E-state index in [1.54, 1.807) is 4.90 Å². The van der Waals surface area contributed by atoms with E-state index in [2.05, 4.69) is 29.2 Å². The average Bonchev–Trinajstić information content (AvgIpc) is 3.04. The molecular formula is C19H32N4O. The molecule has 0 radical (unpaired) electrons. The fourth-order valence-electron chi connectivity index (χ4n) is 3.51. The molecule has 1 aliphatic rings. The first-order valence-corrected chi connectivity index (χ1v) is 9.09. The number of hydrogen-bond donors (Lipinski definition) is 1. The zero-order valence-corrected chi connectivity index (χ0v) is 15.6. The molecule has 5 nitrogen and oxygen atoms in total. The van der Waals surface area contributed by atoms with E-state index < -0.39 is 0 Å². The monoisotopic (exact) mass is 332 g/mol. The van der Waals surface area contributed by atoms with E-state index in [-0.39, 0.29) is 6.03 Å². The normalized spacial score (nSPS) is 15.0. The average molecular weight is 332 g/mol. The number of aryl methyl sites for hydroxylation is 2. The van der Waals surface area contributed by atoms with Gasteiger partial charge in [0.2, 0.25) is 0 Å². The van der Waals surface area contributed by atoms with Gasteiger partial charge in [-0.15, -0.1) is 0 Å². The van der Waals surface area contributed by atoms with Crippen LogP contribution in [0.15, 0.2) is 12.1 Å². The quantitative estimate of drug-likeness (QED) is 0.781. The second kappa shape index (κ2) is 9.02. The first-order chi connectivity index (χ1) is 11.5. The highest BCUT2D eigenvalue weighted by atomic mass is 16.2. The van der Waals surface area contributed by atoms with Gasteiger partial charge >= 0.3 is 6.03 Å². The SMILES string of the molecule is Cc1cc(C)nc(CN(C)C(=O)NCCCN(C)C2CCCC2)c1. The maximum absolute atomic E-state index is 12.2. The Morgan fingerprint density at radius 1 is 1.25 bits per heavy atom. The third kappa shape index (κ3) is 5.78. The van der Waals surface area contributed by atoms with Crippen molar-refractivity contribution in [3.05, 3.63) is 29.1 Å². The summed E-state index contributed by atoms with van der Waals surface area (Å²) in [6, 6.07) is 4.80. The van der Waals surface area contributed by atoms with Crippen molar-refractivity contribution in [2.75, 3.05) is 27.2 Å². The summed E-state index contributed by atoms with van der Waals surface area (Å²) in [5.41, 5.74) is 3.11. The van der Waals surface area contributed by atoms with Crippen LogP contribution in [0, 0.1) is 13.8 Å². The van der Waals surface area contributed by atoms with Crippen LogP contribution in [-0.2, 0) is 6.54 Å². The van der Waals surface area contributed by atoms with E-state index in [4.69, 9.17) is 0 Å². The molecule has 1 fully saturated rings. The smallest absolute Gasteiger partial charge is 0.317 e. The van der Waals surface area contributed by atoms with E-state index >= 15 is 0 Å². The molecule has 0 unspecified atom stereocenters. The lowest BCUT2D eigenvalue weighted by Crippen LogP contribution is -2.39. The predicted octanol–water partition coefficient (Wildman–Crippen LogP) is 3.10. The molecule has 1 aliphatic carbocycles. The number of aromatic nitrogens is 1. The van der Waals surface area contributed by atoms with Crippen molar-refractivity contribution in [1.29, 1.82) is 0 Å². The fourth-order valence-corrected chi connectivity index (χ4v) is 3.51. The highest BCUT2D eigenvalue weighted by Crippen LogP contribution is 2.22. The van der Waals surface area contributed by atoms with Gasteiger partial charge in [-0.3, -0.25) is 4.98 Å². The fraction of sp³-hybridized carbons (Fsp3) is 0.684. The van der Waals surface area contributed by atoms with Crippen LogP contribution in [-0.4, -0.2) is 54.0 Å². The van der Waals surface area contributed by atoms with Gasteiger partial charge in [0.1, 0.15) is 0 Å². The van der Waals surface area contributed by atoms with Crippen LogP contribution in [0.3, 0.4) is 0 Å². The minimum Gasteiger partial charge on any atom is -0.338 e. The molecule has 134 valence electrons. The molecule has 1 aromatic heterocycles. The molecule has 0 spiro atoms. The molecule has 1 N–H and O–H groups in total. The van der Waals surface area contributed by atoms with Gasteiger partial charge in [-0.2, -0.15) is 0 Å². The molecule has 5 heteroatoms. The summed E-state index contributed by atoms with van der Waals surface area (Å²) in [7, 11) is 4.02. The summed E-state index contributed by atoms with van der Waals surface area (Å²) >= 11 is 0. The van der Waals surface area contributed by atoms with Crippen LogP contribution < -0.4 is 5.32 Å². The highest BCUT2D eigenvalue weighted by molar-refractivity contribution is 5.73. The van der Waals surface area contributed by atoms with Crippen LogP contribution >= 0.6 is 0 Å². The lowest BCUT2D eigenvalue weighted by molar-refractivity contribution is 0.203. The van der Waals surface area contributed by atoms with Crippen molar-refractivity contribution < 1.29 is 4.79 Å². The molecule has 2 rings (SSSR count). The number of hydrogen-bond acceptors (Lipinski definition) is 3. The maximum atomic E-state index is 12.2. The molecule has 0 atom stereocenters. The number of pyridine rings is 1. The first-order valence-electron chi connectivity index (χ1n) is 9.09. The maximum Gasteiger partial charge on any atom is 0.317 e. The largest absolute Gasteiger partial charge is 0.338 e. The van der Waals surface area contributed by atoms with Crippen molar-refractivity contribution in [3.63, 3.8) is 0 Å². The van der Waals surface area contributed by atoms with Gasteiger partial charge in [-0.05, 0) is 64.4 Å². The standard InChI is InChI=1S/C19H32N4O/c1-15-12-16(2)21-17(13-15)14-23(4)19(24)20-10-7-11-22(3)18-8-5-6-9-18/h12-13,18H,5-11,14H2,1-4H3,(H,20,24). The van der Waals surface area contributed by atoms with Gasteiger partial charge in [0.05, 0.1) is 12.2 Å². The zero-order chi connectivity index (χ0) is 17.5. The van der Waals surface area contributed by atoms with E-state index in [1.165, 1.54) is 31.2 Å². The number of rotatable bonds is 7. The van der Waals surface area contributed by atoms with Crippen LogP contribution in [0.1, 0.15) is 49.1 Å². The molecule has 0 saturated heterocycles. The van der Waals surface area contributed by atoms with Crippen molar-refractivity contribution >= 4 is 6.03 Å². The number of nitrogens with zero attached hydrogens (tertiary/aromatic N) is 3. The summed E-state index contributed by atoms with van der Waals surface area (Å²) in [6.07, 6.45) is 6.38. The van der Waals surface area contributed by atoms with Crippen molar-refractivity contribution in [2.24, 2.45) is 0 Å². The van der Waals surface area contributed by atoms with Gasteiger partial charge in [0.25, 0.3) is 0 Å². The molecule has 1 saturated carbocycles. The third-order valence-corrected chi connectivity index (χ3v) is 4.81. The summed E-state index contributed by atoms with van der Waals surface area (Å²) in [5, 5.41) is 3.01. The second-order valence-electron chi connectivity index (χ2n) is 7.14. The lowest BCUT2D eigenvalue weighted by Gasteiger charge is -2.24. The highest BCUT2D eigenvalue weighted by Gasteiger charge is 2.18. The Balaban J connectivity index is 1.67. The number of urea groups is 1. The molecule has 0 aromatic carbocycles. The third-order valence-electron chi connectivity index (χ3n) is 4.81. The molecule has 2 amide bonds. The number of amides is 2. The van der Waals surface area contributed by atoms with E-state index in [9.17, 15) is 4.79 Å². The van der Waals surface area contributed by atoms with Crippen molar-refractivity contribution in [3.8, 4) is 0 Å². The minimum absolute atomic E-state index is 0.0283. The Morgan fingerprint density at radius 3 is 2.62 bits per heavy atom. The molecule has 0 bridgehead atoms. The molecule has 1 heterocycles. The van der Waals surface area contributed by atoms with E-state index in [0.29, 0.717) is 6.54 Å².